The Bertz CT molecular complexity index is 1160. The van der Waals surface area contributed by atoms with Crippen molar-refractivity contribution in [3.63, 3.8) is 0 Å². The molecule has 30 heavy (non-hydrogen) atoms. The first-order valence-electron chi connectivity index (χ1n) is 9.86. The van der Waals surface area contributed by atoms with E-state index in [1.165, 1.54) is 0 Å². The Balaban J connectivity index is 1.44. The van der Waals surface area contributed by atoms with Gasteiger partial charge >= 0.3 is 6.01 Å². The van der Waals surface area contributed by atoms with Crippen LogP contribution < -0.4 is 9.64 Å². The van der Waals surface area contributed by atoms with Crippen LogP contribution in [0.5, 0.6) is 11.8 Å². The first kappa shape index (κ1) is 18.7. The monoisotopic (exact) mass is 421 g/mol. The van der Waals surface area contributed by atoms with E-state index in [0.29, 0.717) is 22.3 Å². The topological polar surface area (TPSA) is 92.7 Å². The van der Waals surface area contributed by atoms with E-state index in [2.05, 4.69) is 36.7 Å². The summed E-state index contributed by atoms with van der Waals surface area (Å²) in [6, 6.07) is 3.90. The molecule has 1 N–H and O–H groups in total. The van der Waals surface area contributed by atoms with Gasteiger partial charge in [-0.1, -0.05) is 18.5 Å². The number of rotatable bonds is 6. The van der Waals surface area contributed by atoms with E-state index in [0.717, 1.165) is 48.4 Å². The molecule has 5 heterocycles. The number of nitrogens with zero attached hydrogens (tertiary/aromatic N) is 6. The van der Waals surface area contributed by atoms with Gasteiger partial charge in [-0.15, -0.1) is 0 Å². The zero-order chi connectivity index (χ0) is 20.5. The number of H-pyrrole nitrogens is 1. The molecule has 0 aromatic carbocycles. The standard InChI is InChI=1S/C21H20ClN7O/c1-2-16-18(22)17-19(26-16)27-21(30-15-4-3-5-23-9-15)28-20(17)29-10-14(11-29)6-13-7-24-12-25-8-13/h3-5,7-9,12,14H,2,6,10-11H2,1H3,(H,26,27,28). The molecule has 1 fully saturated rings. The van der Waals surface area contributed by atoms with Gasteiger partial charge in [0, 0.05) is 37.4 Å². The van der Waals surface area contributed by atoms with Gasteiger partial charge in [0.1, 0.15) is 23.5 Å². The molecule has 8 nitrogen and oxygen atoms in total. The molecule has 0 bridgehead atoms. The van der Waals surface area contributed by atoms with Gasteiger partial charge in [0.15, 0.2) is 0 Å². The smallest absolute Gasteiger partial charge is 0.326 e. The Hall–Kier alpha value is -3.26. The highest BCUT2D eigenvalue weighted by Crippen LogP contribution is 2.38. The van der Waals surface area contributed by atoms with Crippen LogP contribution in [0.2, 0.25) is 5.02 Å². The van der Waals surface area contributed by atoms with Crippen molar-refractivity contribution in [3.8, 4) is 11.8 Å². The number of anilines is 1. The van der Waals surface area contributed by atoms with E-state index < -0.39 is 0 Å². The van der Waals surface area contributed by atoms with Gasteiger partial charge in [0.25, 0.3) is 0 Å². The largest absolute Gasteiger partial charge is 0.423 e. The number of hydrogen-bond donors (Lipinski definition) is 1. The van der Waals surface area contributed by atoms with Crippen molar-refractivity contribution >= 4 is 28.5 Å². The summed E-state index contributed by atoms with van der Waals surface area (Å²) in [6.45, 7) is 3.80. The van der Waals surface area contributed by atoms with Crippen LogP contribution >= 0.6 is 11.6 Å². The Morgan fingerprint density at radius 3 is 2.73 bits per heavy atom. The summed E-state index contributed by atoms with van der Waals surface area (Å²) >= 11 is 6.66. The maximum Gasteiger partial charge on any atom is 0.326 e. The molecule has 4 aromatic rings. The molecule has 0 atom stereocenters. The predicted molar refractivity (Wildman–Crippen MR) is 114 cm³/mol. The van der Waals surface area contributed by atoms with Crippen molar-refractivity contribution in [1.82, 2.24) is 29.9 Å². The lowest BCUT2D eigenvalue weighted by Gasteiger charge is -2.40. The summed E-state index contributed by atoms with van der Waals surface area (Å²) in [5, 5.41) is 1.52. The third-order valence-electron chi connectivity index (χ3n) is 5.22. The molecule has 0 radical (unpaired) electrons. The zero-order valence-corrected chi connectivity index (χ0v) is 17.2. The van der Waals surface area contributed by atoms with Gasteiger partial charge in [0.2, 0.25) is 0 Å². The van der Waals surface area contributed by atoms with Crippen molar-refractivity contribution < 1.29 is 4.74 Å². The lowest BCUT2D eigenvalue weighted by atomic mass is 9.93. The first-order chi connectivity index (χ1) is 14.7. The van der Waals surface area contributed by atoms with Crippen LogP contribution in [0.3, 0.4) is 0 Å². The number of pyridine rings is 1. The maximum absolute atomic E-state index is 6.66. The van der Waals surface area contributed by atoms with Crippen LogP contribution in [0.25, 0.3) is 11.0 Å². The van der Waals surface area contributed by atoms with E-state index in [-0.39, 0.29) is 6.01 Å². The minimum Gasteiger partial charge on any atom is -0.423 e. The van der Waals surface area contributed by atoms with E-state index in [4.69, 9.17) is 21.3 Å². The predicted octanol–water partition coefficient (Wildman–Crippen LogP) is 3.83. The van der Waals surface area contributed by atoms with Crippen molar-refractivity contribution in [2.45, 2.75) is 19.8 Å². The molecular formula is C21H20ClN7O. The average molecular weight is 422 g/mol. The van der Waals surface area contributed by atoms with Crippen LogP contribution in [-0.2, 0) is 12.8 Å². The van der Waals surface area contributed by atoms with Gasteiger partial charge in [-0.3, -0.25) is 4.98 Å². The number of aryl methyl sites for hydroxylation is 1. The minimum atomic E-state index is 0.269. The second-order valence-electron chi connectivity index (χ2n) is 7.34. The minimum absolute atomic E-state index is 0.269. The summed E-state index contributed by atoms with van der Waals surface area (Å²) in [4.78, 5) is 27.1. The van der Waals surface area contributed by atoms with E-state index in [1.54, 1.807) is 18.7 Å². The van der Waals surface area contributed by atoms with Crippen LogP contribution in [0.15, 0.2) is 43.2 Å². The molecule has 152 valence electrons. The number of aromatic amines is 1. The van der Waals surface area contributed by atoms with Crippen molar-refractivity contribution in [2.24, 2.45) is 5.92 Å². The van der Waals surface area contributed by atoms with Gasteiger partial charge < -0.3 is 14.6 Å². The highest BCUT2D eigenvalue weighted by molar-refractivity contribution is 6.37. The van der Waals surface area contributed by atoms with Gasteiger partial charge in [-0.05, 0) is 36.5 Å². The number of ether oxygens (including phenoxy) is 1. The normalized spacial score (nSPS) is 14.1. The summed E-state index contributed by atoms with van der Waals surface area (Å²) in [5.74, 6) is 1.88. The molecule has 0 saturated carbocycles. The Labute approximate surface area is 178 Å². The third kappa shape index (κ3) is 3.54. The molecule has 0 amide bonds. The third-order valence-corrected chi connectivity index (χ3v) is 5.63. The summed E-state index contributed by atoms with van der Waals surface area (Å²) in [6.07, 6.45) is 10.3. The van der Waals surface area contributed by atoms with Crippen LogP contribution in [0, 0.1) is 5.92 Å². The highest BCUT2D eigenvalue weighted by Gasteiger charge is 2.31. The van der Waals surface area contributed by atoms with E-state index >= 15 is 0 Å². The number of hydrogen-bond acceptors (Lipinski definition) is 7. The molecule has 0 aliphatic carbocycles. The van der Waals surface area contributed by atoms with Gasteiger partial charge in [-0.2, -0.15) is 9.97 Å². The Kier molecular flexibility index (Phi) is 4.92. The molecule has 0 unspecified atom stereocenters. The number of aromatic nitrogens is 6. The lowest BCUT2D eigenvalue weighted by Crippen LogP contribution is -2.48. The van der Waals surface area contributed by atoms with Crippen LogP contribution in [0.1, 0.15) is 18.2 Å². The zero-order valence-electron chi connectivity index (χ0n) is 16.4. The van der Waals surface area contributed by atoms with E-state index in [1.807, 2.05) is 24.5 Å². The first-order valence-corrected chi connectivity index (χ1v) is 10.2. The lowest BCUT2D eigenvalue weighted by molar-refractivity contribution is 0.399. The number of nitrogens with one attached hydrogen (secondary N) is 1. The second kappa shape index (κ2) is 7.87. The van der Waals surface area contributed by atoms with Crippen molar-refractivity contribution in [1.29, 1.82) is 0 Å². The SMILES string of the molecule is CCc1[nH]c2nc(Oc3cccnc3)nc(N3CC(Cc4cncnc4)C3)c2c1Cl. The second-order valence-corrected chi connectivity index (χ2v) is 7.72. The van der Waals surface area contributed by atoms with Crippen molar-refractivity contribution in [2.75, 3.05) is 18.0 Å². The molecule has 1 aliphatic rings. The van der Waals surface area contributed by atoms with Gasteiger partial charge in [0.05, 0.1) is 16.6 Å². The molecular weight excluding hydrogens is 402 g/mol. The summed E-state index contributed by atoms with van der Waals surface area (Å²) in [7, 11) is 0. The maximum atomic E-state index is 6.66. The summed E-state index contributed by atoms with van der Waals surface area (Å²) < 4.78 is 5.86. The molecule has 1 aliphatic heterocycles. The highest BCUT2D eigenvalue weighted by atomic mass is 35.5. The molecule has 4 aromatic heterocycles. The number of halogens is 1. The van der Waals surface area contributed by atoms with Crippen molar-refractivity contribution in [3.05, 3.63) is 59.5 Å². The Morgan fingerprint density at radius 2 is 2.00 bits per heavy atom. The summed E-state index contributed by atoms with van der Waals surface area (Å²) in [5.41, 5.74) is 2.77. The fourth-order valence-electron chi connectivity index (χ4n) is 3.74. The van der Waals surface area contributed by atoms with Crippen LogP contribution in [-0.4, -0.2) is 43.0 Å². The Morgan fingerprint density at radius 1 is 1.17 bits per heavy atom. The fourth-order valence-corrected chi connectivity index (χ4v) is 4.10. The van der Waals surface area contributed by atoms with Gasteiger partial charge in [-0.25, -0.2) is 9.97 Å². The fraction of sp³-hybridized carbons (Fsp3) is 0.286. The van der Waals surface area contributed by atoms with Crippen LogP contribution in [0.4, 0.5) is 5.82 Å². The molecule has 1 saturated heterocycles. The molecule has 5 rings (SSSR count). The number of fused-ring (bicyclic) bond motifs is 1. The molecule has 9 heteroatoms. The average Bonchev–Trinajstić information content (AvgIpc) is 3.07. The quantitative estimate of drug-likeness (QED) is 0.505. The van der Waals surface area contributed by atoms with E-state index in [9.17, 15) is 0 Å². The molecule has 0 spiro atoms.